The standard InChI is InChI=1S/C14H22.CH4/c1-2-3-4-5-6-8-11-14-12-9-7-10-13-14;/h3-6,8,11,14H,2,7,9-10,12-13H2,1H3;1H4/b4-3-,6-5-,11-8+;. The lowest BCUT2D eigenvalue weighted by molar-refractivity contribution is 0.419. The van der Waals surface area contributed by atoms with Crippen molar-refractivity contribution in [1.29, 1.82) is 0 Å². The highest BCUT2D eigenvalue weighted by atomic mass is 14.1. The van der Waals surface area contributed by atoms with Gasteiger partial charge in [-0.1, -0.05) is 70.1 Å². The summed E-state index contributed by atoms with van der Waals surface area (Å²) in [4.78, 5) is 0. The van der Waals surface area contributed by atoms with Crippen LogP contribution in [0.25, 0.3) is 0 Å². The van der Waals surface area contributed by atoms with E-state index in [1.54, 1.807) is 0 Å². The first-order chi connectivity index (χ1) is 6.93. The van der Waals surface area contributed by atoms with Gasteiger partial charge in [-0.25, -0.2) is 0 Å². The Labute approximate surface area is 95.8 Å². The lowest BCUT2D eigenvalue weighted by Gasteiger charge is -2.17. The third-order valence-corrected chi connectivity index (χ3v) is 2.74. The molecule has 1 rings (SSSR count). The van der Waals surface area contributed by atoms with Gasteiger partial charge in [0.1, 0.15) is 0 Å². The van der Waals surface area contributed by atoms with E-state index in [1.165, 1.54) is 32.1 Å². The molecule has 0 spiro atoms. The molecule has 0 heteroatoms. The Bertz CT molecular complexity index is 202. The van der Waals surface area contributed by atoms with Gasteiger partial charge < -0.3 is 0 Å². The molecular formula is C15H26. The smallest absolute Gasteiger partial charge is 0.0230 e. The second kappa shape index (κ2) is 9.76. The van der Waals surface area contributed by atoms with Crippen LogP contribution in [0.2, 0.25) is 0 Å². The van der Waals surface area contributed by atoms with Crippen molar-refractivity contribution in [3.8, 4) is 0 Å². The summed E-state index contributed by atoms with van der Waals surface area (Å²) in [6.45, 7) is 2.15. The molecule has 0 amide bonds. The van der Waals surface area contributed by atoms with Gasteiger partial charge in [0.15, 0.2) is 0 Å². The molecule has 86 valence electrons. The molecular weight excluding hydrogens is 180 g/mol. The first-order valence-corrected chi connectivity index (χ1v) is 5.93. The highest BCUT2D eigenvalue weighted by Crippen LogP contribution is 2.24. The zero-order valence-electron chi connectivity index (χ0n) is 9.28. The molecule has 0 aromatic carbocycles. The van der Waals surface area contributed by atoms with Crippen LogP contribution in [0.3, 0.4) is 0 Å². The molecule has 0 aromatic rings. The number of allylic oxidation sites excluding steroid dienone is 6. The largest absolute Gasteiger partial charge is 0.0848 e. The van der Waals surface area contributed by atoms with Gasteiger partial charge in [-0.2, -0.15) is 0 Å². The van der Waals surface area contributed by atoms with Gasteiger partial charge in [-0.15, -0.1) is 0 Å². The molecule has 1 saturated carbocycles. The summed E-state index contributed by atoms with van der Waals surface area (Å²) < 4.78 is 0. The normalized spacial score (nSPS) is 19.0. The molecule has 0 unspecified atom stereocenters. The van der Waals surface area contributed by atoms with Crippen LogP contribution in [-0.2, 0) is 0 Å². The minimum atomic E-state index is 0. The van der Waals surface area contributed by atoms with Crippen LogP contribution in [0.15, 0.2) is 36.5 Å². The number of hydrogen-bond acceptors (Lipinski definition) is 0. The van der Waals surface area contributed by atoms with E-state index >= 15 is 0 Å². The minimum Gasteiger partial charge on any atom is -0.0848 e. The maximum Gasteiger partial charge on any atom is -0.0230 e. The van der Waals surface area contributed by atoms with E-state index in [9.17, 15) is 0 Å². The van der Waals surface area contributed by atoms with Crippen molar-refractivity contribution in [2.75, 3.05) is 0 Å². The Hall–Kier alpha value is -0.780. The fourth-order valence-electron chi connectivity index (χ4n) is 1.89. The SMILES string of the molecule is C.CC\C=C/C=C\C=C\C1CCCCC1. The first-order valence-electron chi connectivity index (χ1n) is 5.93. The van der Waals surface area contributed by atoms with Gasteiger partial charge in [0.25, 0.3) is 0 Å². The predicted molar refractivity (Wildman–Crippen MR) is 71.0 cm³/mol. The van der Waals surface area contributed by atoms with E-state index in [-0.39, 0.29) is 7.43 Å². The minimum absolute atomic E-state index is 0. The third-order valence-electron chi connectivity index (χ3n) is 2.74. The molecule has 15 heavy (non-hydrogen) atoms. The summed E-state index contributed by atoms with van der Waals surface area (Å²) in [6.07, 6.45) is 21.3. The van der Waals surface area contributed by atoms with Crippen molar-refractivity contribution in [2.45, 2.75) is 52.9 Å². The molecule has 0 bridgehead atoms. The Morgan fingerprint density at radius 3 is 2.27 bits per heavy atom. The van der Waals surface area contributed by atoms with Crippen LogP contribution >= 0.6 is 0 Å². The van der Waals surface area contributed by atoms with E-state index in [1.807, 2.05) is 0 Å². The summed E-state index contributed by atoms with van der Waals surface area (Å²) in [6, 6.07) is 0. The maximum atomic E-state index is 2.37. The average Bonchev–Trinajstić information content (AvgIpc) is 2.25. The van der Waals surface area contributed by atoms with Gasteiger partial charge in [0.2, 0.25) is 0 Å². The van der Waals surface area contributed by atoms with Crippen molar-refractivity contribution in [3.63, 3.8) is 0 Å². The topological polar surface area (TPSA) is 0 Å². The average molecular weight is 206 g/mol. The van der Waals surface area contributed by atoms with Crippen molar-refractivity contribution in [2.24, 2.45) is 5.92 Å². The highest BCUT2D eigenvalue weighted by Gasteiger charge is 2.08. The molecule has 0 atom stereocenters. The van der Waals surface area contributed by atoms with E-state index < -0.39 is 0 Å². The molecule has 0 N–H and O–H groups in total. The molecule has 1 fully saturated rings. The lowest BCUT2D eigenvalue weighted by atomic mass is 9.89. The molecule has 0 heterocycles. The fourth-order valence-corrected chi connectivity index (χ4v) is 1.89. The van der Waals surface area contributed by atoms with Gasteiger partial charge in [0, 0.05) is 0 Å². The third kappa shape index (κ3) is 7.18. The molecule has 0 nitrogen and oxygen atoms in total. The van der Waals surface area contributed by atoms with E-state index in [4.69, 9.17) is 0 Å². The summed E-state index contributed by atoms with van der Waals surface area (Å²) in [5, 5.41) is 0. The van der Waals surface area contributed by atoms with Crippen LogP contribution in [0.4, 0.5) is 0 Å². The van der Waals surface area contributed by atoms with Crippen LogP contribution < -0.4 is 0 Å². The summed E-state index contributed by atoms with van der Waals surface area (Å²) >= 11 is 0. The van der Waals surface area contributed by atoms with Gasteiger partial charge in [0.05, 0.1) is 0 Å². The van der Waals surface area contributed by atoms with Crippen molar-refractivity contribution in [3.05, 3.63) is 36.5 Å². The molecule has 0 aliphatic heterocycles. The van der Waals surface area contributed by atoms with E-state index in [0.29, 0.717) is 0 Å². The second-order valence-corrected chi connectivity index (χ2v) is 4.00. The van der Waals surface area contributed by atoms with Crippen molar-refractivity contribution >= 4 is 0 Å². The van der Waals surface area contributed by atoms with E-state index in [2.05, 4.69) is 43.4 Å². The Morgan fingerprint density at radius 1 is 0.933 bits per heavy atom. The number of hydrogen-bond donors (Lipinski definition) is 0. The highest BCUT2D eigenvalue weighted by molar-refractivity contribution is 5.11. The Kier molecular flexibility index (Phi) is 9.26. The van der Waals surface area contributed by atoms with Crippen molar-refractivity contribution in [1.82, 2.24) is 0 Å². The maximum absolute atomic E-state index is 2.37. The van der Waals surface area contributed by atoms with E-state index in [0.717, 1.165) is 12.3 Å². The summed E-state index contributed by atoms with van der Waals surface area (Å²) in [7, 11) is 0. The molecule has 0 saturated heterocycles. The van der Waals surface area contributed by atoms with Crippen molar-refractivity contribution < 1.29 is 0 Å². The zero-order valence-corrected chi connectivity index (χ0v) is 9.28. The Morgan fingerprint density at radius 2 is 1.60 bits per heavy atom. The predicted octanol–water partition coefficient (Wildman–Crippen LogP) is 5.28. The molecule has 1 aliphatic carbocycles. The monoisotopic (exact) mass is 206 g/mol. The summed E-state index contributed by atoms with van der Waals surface area (Å²) in [5.74, 6) is 0.851. The van der Waals surface area contributed by atoms with Crippen LogP contribution in [-0.4, -0.2) is 0 Å². The second-order valence-electron chi connectivity index (χ2n) is 4.00. The number of rotatable bonds is 4. The molecule has 1 aliphatic rings. The molecule has 0 radical (unpaired) electrons. The van der Waals surface area contributed by atoms with Gasteiger partial charge >= 0.3 is 0 Å². The first kappa shape index (κ1) is 14.2. The lowest BCUT2D eigenvalue weighted by Crippen LogP contribution is -2.02. The van der Waals surface area contributed by atoms with Crippen LogP contribution in [0, 0.1) is 5.92 Å². The Balaban J connectivity index is 0.00000196. The quantitative estimate of drug-likeness (QED) is 0.549. The van der Waals surface area contributed by atoms with Gasteiger partial charge in [-0.3, -0.25) is 0 Å². The fraction of sp³-hybridized carbons (Fsp3) is 0.600. The van der Waals surface area contributed by atoms with Crippen LogP contribution in [0.1, 0.15) is 52.9 Å². The van der Waals surface area contributed by atoms with Gasteiger partial charge in [-0.05, 0) is 25.2 Å². The summed E-state index contributed by atoms with van der Waals surface area (Å²) in [5.41, 5.74) is 0. The van der Waals surface area contributed by atoms with Crippen LogP contribution in [0.5, 0.6) is 0 Å². The molecule has 0 aromatic heterocycles. The zero-order chi connectivity index (χ0) is 10.1.